The quantitative estimate of drug-likeness (QED) is 0.405. The van der Waals surface area contributed by atoms with Crippen LogP contribution in [0.5, 0.6) is 0 Å². The molecule has 0 fully saturated rings. The van der Waals surface area contributed by atoms with E-state index in [0.717, 1.165) is 51.7 Å². The van der Waals surface area contributed by atoms with Crippen LogP contribution in [0.2, 0.25) is 0 Å². The number of allylic oxidation sites excluding steroid dienone is 2. The molecule has 0 saturated heterocycles. The predicted molar refractivity (Wildman–Crippen MR) is 134 cm³/mol. The van der Waals surface area contributed by atoms with Crippen LogP contribution in [0.15, 0.2) is 77.7 Å². The summed E-state index contributed by atoms with van der Waals surface area (Å²) >= 11 is 0. The Balaban J connectivity index is 1.64. The number of benzene rings is 2. The SMILES string of the molecule is Cc1nc2c(C3=CC(=O)CCC3)c(-c3ccccc3)[nH]n2c(=O)c1-c1ccc2ncccc2c1. The Labute approximate surface area is 195 Å². The number of carbonyl (C=O) groups excluding carboxylic acids is 1. The lowest BCUT2D eigenvalue weighted by Crippen LogP contribution is -2.19. The average Bonchev–Trinajstić information content (AvgIpc) is 3.24. The number of ketones is 1. The molecule has 0 amide bonds. The van der Waals surface area contributed by atoms with Crippen molar-refractivity contribution in [2.75, 3.05) is 0 Å². The molecule has 3 heterocycles. The standard InChI is InChI=1S/C28H22N4O2/c1-17-24(21-12-13-23-19(15-21)10-6-14-29-23)28(34)32-27(30-17)25(20-9-5-11-22(33)16-20)26(31-32)18-7-3-2-4-8-18/h2-4,6-8,10,12-16,31H,5,9,11H2,1H3. The van der Waals surface area contributed by atoms with Gasteiger partial charge in [-0.3, -0.25) is 19.7 Å². The van der Waals surface area contributed by atoms with Gasteiger partial charge >= 0.3 is 0 Å². The average molecular weight is 447 g/mol. The zero-order valence-corrected chi connectivity index (χ0v) is 18.7. The van der Waals surface area contributed by atoms with Crippen LogP contribution in [0, 0.1) is 6.92 Å². The van der Waals surface area contributed by atoms with Crippen LogP contribution in [0.25, 0.3) is 44.5 Å². The van der Waals surface area contributed by atoms with Crippen molar-refractivity contribution in [1.29, 1.82) is 0 Å². The molecule has 1 aliphatic rings. The first-order chi connectivity index (χ1) is 16.6. The number of H-pyrrole nitrogens is 1. The summed E-state index contributed by atoms with van der Waals surface area (Å²) < 4.78 is 1.52. The van der Waals surface area contributed by atoms with E-state index < -0.39 is 0 Å². The number of hydrogen-bond donors (Lipinski definition) is 1. The van der Waals surface area contributed by atoms with Gasteiger partial charge in [0.05, 0.1) is 22.5 Å². The Kier molecular flexibility index (Phi) is 4.73. The minimum atomic E-state index is -0.170. The third kappa shape index (κ3) is 3.27. The van der Waals surface area contributed by atoms with E-state index in [4.69, 9.17) is 4.98 Å². The lowest BCUT2D eigenvalue weighted by Gasteiger charge is -2.13. The van der Waals surface area contributed by atoms with E-state index in [0.29, 0.717) is 23.3 Å². The molecule has 3 aromatic heterocycles. The van der Waals surface area contributed by atoms with E-state index in [1.165, 1.54) is 4.52 Å². The molecular formula is C28H22N4O2. The van der Waals surface area contributed by atoms with Gasteiger partial charge in [0.2, 0.25) is 0 Å². The first kappa shape index (κ1) is 20.3. The molecule has 6 rings (SSSR count). The van der Waals surface area contributed by atoms with Crippen molar-refractivity contribution < 1.29 is 4.79 Å². The normalized spacial score (nSPS) is 14.0. The summed E-state index contributed by atoms with van der Waals surface area (Å²) in [4.78, 5) is 35.4. The molecule has 34 heavy (non-hydrogen) atoms. The van der Waals surface area contributed by atoms with Gasteiger partial charge < -0.3 is 0 Å². The van der Waals surface area contributed by atoms with Crippen LogP contribution < -0.4 is 5.56 Å². The maximum atomic E-state index is 13.8. The number of pyridine rings is 1. The van der Waals surface area contributed by atoms with Crippen molar-refractivity contribution in [2.24, 2.45) is 0 Å². The number of carbonyl (C=O) groups is 1. The fourth-order valence-corrected chi connectivity index (χ4v) is 4.85. The van der Waals surface area contributed by atoms with E-state index in [1.54, 1.807) is 12.3 Å². The minimum absolute atomic E-state index is 0.111. The monoisotopic (exact) mass is 446 g/mol. The van der Waals surface area contributed by atoms with Crippen LogP contribution in [0.3, 0.4) is 0 Å². The van der Waals surface area contributed by atoms with Gasteiger partial charge in [-0.2, -0.15) is 4.52 Å². The van der Waals surface area contributed by atoms with E-state index in [1.807, 2.05) is 67.6 Å². The van der Waals surface area contributed by atoms with Gasteiger partial charge in [-0.1, -0.05) is 42.5 Å². The summed E-state index contributed by atoms with van der Waals surface area (Å²) in [5, 5.41) is 4.28. The third-order valence-corrected chi connectivity index (χ3v) is 6.44. The first-order valence-corrected chi connectivity index (χ1v) is 11.4. The predicted octanol–water partition coefficient (Wildman–Crippen LogP) is 5.35. The maximum Gasteiger partial charge on any atom is 0.280 e. The van der Waals surface area contributed by atoms with Crippen molar-refractivity contribution in [3.63, 3.8) is 0 Å². The fraction of sp³-hybridized carbons (Fsp3) is 0.143. The molecule has 1 N–H and O–H groups in total. The number of fused-ring (bicyclic) bond motifs is 2. The first-order valence-electron chi connectivity index (χ1n) is 11.4. The van der Waals surface area contributed by atoms with Crippen molar-refractivity contribution in [3.8, 4) is 22.4 Å². The number of aromatic amines is 1. The molecule has 0 radical (unpaired) electrons. The van der Waals surface area contributed by atoms with Gasteiger partial charge in [-0.05, 0) is 55.2 Å². The second-order valence-corrected chi connectivity index (χ2v) is 8.66. The smallest absolute Gasteiger partial charge is 0.280 e. The lowest BCUT2D eigenvalue weighted by atomic mass is 9.91. The van der Waals surface area contributed by atoms with Crippen LogP contribution in [0.1, 0.15) is 30.5 Å². The van der Waals surface area contributed by atoms with Crippen molar-refractivity contribution >= 4 is 27.9 Å². The van der Waals surface area contributed by atoms with Gasteiger partial charge in [-0.15, -0.1) is 0 Å². The van der Waals surface area contributed by atoms with Gasteiger partial charge in [0.25, 0.3) is 5.56 Å². The van der Waals surface area contributed by atoms with Gasteiger partial charge in [-0.25, -0.2) is 4.98 Å². The molecule has 0 atom stereocenters. The number of aromatic nitrogens is 4. The summed E-state index contributed by atoms with van der Waals surface area (Å²) in [5.41, 5.74) is 6.74. The van der Waals surface area contributed by atoms with Crippen molar-refractivity contribution in [2.45, 2.75) is 26.2 Å². The topological polar surface area (TPSA) is 80.1 Å². The molecule has 0 saturated carbocycles. The molecule has 1 aliphatic carbocycles. The zero-order chi connectivity index (χ0) is 23.2. The van der Waals surface area contributed by atoms with Crippen LogP contribution >= 0.6 is 0 Å². The number of rotatable bonds is 3. The zero-order valence-electron chi connectivity index (χ0n) is 18.7. The molecule has 0 spiro atoms. The van der Waals surface area contributed by atoms with E-state index in [2.05, 4.69) is 10.1 Å². The molecule has 6 nitrogen and oxygen atoms in total. The Hall–Kier alpha value is -4.32. The molecule has 0 aliphatic heterocycles. The van der Waals surface area contributed by atoms with E-state index >= 15 is 0 Å². The highest BCUT2D eigenvalue weighted by molar-refractivity contribution is 6.02. The second kappa shape index (κ2) is 7.92. The highest BCUT2D eigenvalue weighted by atomic mass is 16.1. The summed E-state index contributed by atoms with van der Waals surface area (Å²) in [5.74, 6) is 0.111. The van der Waals surface area contributed by atoms with Gasteiger partial charge in [0.15, 0.2) is 11.4 Å². The maximum absolute atomic E-state index is 13.8. The summed E-state index contributed by atoms with van der Waals surface area (Å²) in [7, 11) is 0. The van der Waals surface area contributed by atoms with Gasteiger partial charge in [0.1, 0.15) is 0 Å². The number of nitrogens with zero attached hydrogens (tertiary/aromatic N) is 3. The summed E-state index contributed by atoms with van der Waals surface area (Å²) in [6.45, 7) is 1.86. The Morgan fingerprint density at radius 3 is 2.59 bits per heavy atom. The number of aryl methyl sites for hydroxylation is 1. The van der Waals surface area contributed by atoms with Crippen LogP contribution in [-0.2, 0) is 4.79 Å². The minimum Gasteiger partial charge on any atom is -0.295 e. The van der Waals surface area contributed by atoms with Crippen molar-refractivity contribution in [3.05, 3.63) is 94.5 Å². The number of hydrogen-bond acceptors (Lipinski definition) is 4. The molecule has 0 unspecified atom stereocenters. The molecule has 6 heteroatoms. The largest absolute Gasteiger partial charge is 0.295 e. The highest BCUT2D eigenvalue weighted by Crippen LogP contribution is 2.36. The molecule has 0 bridgehead atoms. The summed E-state index contributed by atoms with van der Waals surface area (Å²) in [6.07, 6.45) is 5.59. The lowest BCUT2D eigenvalue weighted by molar-refractivity contribution is -0.114. The fourth-order valence-electron chi connectivity index (χ4n) is 4.85. The molecule has 5 aromatic rings. The second-order valence-electron chi connectivity index (χ2n) is 8.66. The Morgan fingerprint density at radius 2 is 1.76 bits per heavy atom. The molecule has 166 valence electrons. The Bertz CT molecular complexity index is 1680. The number of nitrogens with one attached hydrogen (secondary N) is 1. The third-order valence-electron chi connectivity index (χ3n) is 6.44. The van der Waals surface area contributed by atoms with E-state index in [-0.39, 0.29) is 11.3 Å². The Morgan fingerprint density at radius 1 is 0.912 bits per heavy atom. The molecular weight excluding hydrogens is 424 g/mol. The highest BCUT2D eigenvalue weighted by Gasteiger charge is 2.24. The van der Waals surface area contributed by atoms with Gasteiger partial charge in [0, 0.05) is 29.1 Å². The molecule has 2 aromatic carbocycles. The van der Waals surface area contributed by atoms with E-state index in [9.17, 15) is 9.59 Å². The summed E-state index contributed by atoms with van der Waals surface area (Å²) in [6, 6.07) is 19.5. The van der Waals surface area contributed by atoms with Crippen LogP contribution in [0.4, 0.5) is 0 Å². The van der Waals surface area contributed by atoms with Crippen LogP contribution in [-0.4, -0.2) is 25.4 Å². The van der Waals surface area contributed by atoms with Crippen molar-refractivity contribution in [1.82, 2.24) is 19.6 Å².